The molecule has 0 saturated carbocycles. The van der Waals surface area contributed by atoms with Gasteiger partial charge in [0.15, 0.2) is 0 Å². The standard InChI is InChI=1S/C14H18N2O5/c1-3-16(11-6-4-10(2)5-7-11)14(20)15-12(17)8-21-9-13(18)19/h4-7H,3,8-9H2,1-2H3,(H,18,19)(H,15,17,20). The van der Waals surface area contributed by atoms with Gasteiger partial charge in [0.1, 0.15) is 13.2 Å². The van der Waals surface area contributed by atoms with E-state index in [1.807, 2.05) is 19.1 Å². The fraction of sp³-hybridized carbons (Fsp3) is 0.357. The molecular formula is C14H18N2O5. The molecule has 1 rings (SSSR count). The van der Waals surface area contributed by atoms with Crippen molar-refractivity contribution in [2.75, 3.05) is 24.7 Å². The van der Waals surface area contributed by atoms with Crippen LogP contribution < -0.4 is 10.2 Å². The van der Waals surface area contributed by atoms with Crippen LogP contribution >= 0.6 is 0 Å². The van der Waals surface area contributed by atoms with E-state index in [2.05, 4.69) is 10.1 Å². The summed E-state index contributed by atoms with van der Waals surface area (Å²) in [5.74, 6) is -1.87. The number of nitrogens with one attached hydrogen (secondary N) is 1. The van der Waals surface area contributed by atoms with Crippen molar-refractivity contribution in [2.45, 2.75) is 13.8 Å². The molecule has 1 aromatic carbocycles. The first-order chi connectivity index (χ1) is 9.93. The molecule has 0 aliphatic rings. The average molecular weight is 294 g/mol. The van der Waals surface area contributed by atoms with Crippen molar-refractivity contribution in [3.8, 4) is 0 Å². The zero-order chi connectivity index (χ0) is 15.8. The largest absolute Gasteiger partial charge is 0.480 e. The molecule has 7 nitrogen and oxygen atoms in total. The van der Waals surface area contributed by atoms with E-state index in [4.69, 9.17) is 5.11 Å². The summed E-state index contributed by atoms with van der Waals surface area (Å²) in [6.07, 6.45) is 0. The van der Waals surface area contributed by atoms with E-state index in [9.17, 15) is 14.4 Å². The Bertz CT molecular complexity index is 513. The minimum absolute atomic E-state index is 0.387. The Hall–Kier alpha value is -2.41. The number of imide groups is 1. The maximum atomic E-state index is 12.0. The molecule has 0 heterocycles. The van der Waals surface area contributed by atoms with E-state index >= 15 is 0 Å². The summed E-state index contributed by atoms with van der Waals surface area (Å²) in [6, 6.07) is 6.71. The van der Waals surface area contributed by atoms with Crippen LogP contribution in [0.5, 0.6) is 0 Å². The number of ether oxygens (including phenoxy) is 1. The number of hydrogen-bond donors (Lipinski definition) is 2. The monoisotopic (exact) mass is 294 g/mol. The summed E-state index contributed by atoms with van der Waals surface area (Å²) >= 11 is 0. The maximum Gasteiger partial charge on any atom is 0.329 e. The van der Waals surface area contributed by atoms with Gasteiger partial charge < -0.3 is 9.84 Å². The highest BCUT2D eigenvalue weighted by Gasteiger charge is 2.16. The van der Waals surface area contributed by atoms with E-state index in [1.165, 1.54) is 4.90 Å². The summed E-state index contributed by atoms with van der Waals surface area (Å²) < 4.78 is 4.61. The van der Waals surface area contributed by atoms with Crippen LogP contribution in [0.3, 0.4) is 0 Å². The van der Waals surface area contributed by atoms with Gasteiger partial charge in [-0.15, -0.1) is 0 Å². The van der Waals surface area contributed by atoms with Crippen molar-refractivity contribution in [1.82, 2.24) is 5.32 Å². The van der Waals surface area contributed by atoms with Gasteiger partial charge in [0.25, 0.3) is 5.91 Å². The van der Waals surface area contributed by atoms with Gasteiger partial charge in [-0.05, 0) is 26.0 Å². The van der Waals surface area contributed by atoms with Gasteiger partial charge in [-0.1, -0.05) is 17.7 Å². The highest BCUT2D eigenvalue weighted by atomic mass is 16.5. The van der Waals surface area contributed by atoms with E-state index in [0.717, 1.165) is 5.56 Å². The van der Waals surface area contributed by atoms with Crippen molar-refractivity contribution in [3.05, 3.63) is 29.8 Å². The van der Waals surface area contributed by atoms with Crippen molar-refractivity contribution in [1.29, 1.82) is 0 Å². The van der Waals surface area contributed by atoms with Crippen LogP contribution in [0.4, 0.5) is 10.5 Å². The molecule has 0 aromatic heterocycles. The molecule has 0 fully saturated rings. The lowest BCUT2D eigenvalue weighted by molar-refractivity contribution is -0.143. The minimum atomic E-state index is -1.18. The molecular weight excluding hydrogens is 276 g/mol. The number of amides is 3. The number of urea groups is 1. The number of nitrogens with zero attached hydrogens (tertiary/aromatic N) is 1. The number of anilines is 1. The van der Waals surface area contributed by atoms with Crippen molar-refractivity contribution in [3.63, 3.8) is 0 Å². The average Bonchev–Trinajstić information content (AvgIpc) is 2.41. The van der Waals surface area contributed by atoms with Gasteiger partial charge >= 0.3 is 12.0 Å². The molecule has 0 bridgehead atoms. The molecule has 21 heavy (non-hydrogen) atoms. The molecule has 0 atom stereocenters. The third-order valence-electron chi connectivity index (χ3n) is 2.61. The van der Waals surface area contributed by atoms with Crippen LogP contribution in [-0.2, 0) is 14.3 Å². The fourth-order valence-corrected chi connectivity index (χ4v) is 1.62. The van der Waals surface area contributed by atoms with E-state index < -0.39 is 31.1 Å². The summed E-state index contributed by atoms with van der Waals surface area (Å²) in [6.45, 7) is 3.03. The fourth-order valence-electron chi connectivity index (χ4n) is 1.62. The Morgan fingerprint density at radius 1 is 1.19 bits per heavy atom. The molecule has 114 valence electrons. The predicted molar refractivity (Wildman–Crippen MR) is 76.2 cm³/mol. The quantitative estimate of drug-likeness (QED) is 0.820. The van der Waals surface area contributed by atoms with Crippen LogP contribution in [0.15, 0.2) is 24.3 Å². The predicted octanol–water partition coefficient (Wildman–Crippen LogP) is 1.16. The number of carbonyl (C=O) groups excluding carboxylic acids is 2. The van der Waals surface area contributed by atoms with Gasteiger partial charge in [-0.2, -0.15) is 0 Å². The first-order valence-corrected chi connectivity index (χ1v) is 6.41. The van der Waals surface area contributed by atoms with E-state index in [0.29, 0.717) is 12.2 Å². The lowest BCUT2D eigenvalue weighted by Gasteiger charge is -2.21. The second-order valence-corrected chi connectivity index (χ2v) is 4.32. The Kier molecular flexibility index (Phi) is 6.35. The second-order valence-electron chi connectivity index (χ2n) is 4.32. The van der Waals surface area contributed by atoms with Crippen LogP contribution in [-0.4, -0.2) is 42.8 Å². The molecule has 0 aliphatic heterocycles. The smallest absolute Gasteiger partial charge is 0.329 e. The Morgan fingerprint density at radius 2 is 1.81 bits per heavy atom. The van der Waals surface area contributed by atoms with Crippen molar-refractivity contribution >= 4 is 23.6 Å². The zero-order valence-corrected chi connectivity index (χ0v) is 12.0. The van der Waals surface area contributed by atoms with Crippen LogP contribution in [0.2, 0.25) is 0 Å². The Morgan fingerprint density at radius 3 is 2.33 bits per heavy atom. The molecule has 0 aliphatic carbocycles. The van der Waals surface area contributed by atoms with Gasteiger partial charge in [-0.3, -0.25) is 15.0 Å². The molecule has 0 spiro atoms. The number of carboxylic acids is 1. The topological polar surface area (TPSA) is 95.9 Å². The summed E-state index contributed by atoms with van der Waals surface area (Å²) in [4.78, 5) is 35.1. The maximum absolute atomic E-state index is 12.0. The third kappa shape index (κ3) is 5.62. The number of carboxylic acid groups (broad SMARTS) is 1. The Balaban J connectivity index is 2.57. The highest BCUT2D eigenvalue weighted by molar-refractivity contribution is 6.03. The zero-order valence-electron chi connectivity index (χ0n) is 12.0. The Labute approximate surface area is 122 Å². The molecule has 2 N–H and O–H groups in total. The van der Waals surface area contributed by atoms with E-state index in [1.54, 1.807) is 19.1 Å². The second kappa shape index (κ2) is 8.01. The van der Waals surface area contributed by atoms with Gasteiger partial charge in [0.05, 0.1) is 0 Å². The lowest BCUT2D eigenvalue weighted by atomic mass is 10.2. The lowest BCUT2D eigenvalue weighted by Crippen LogP contribution is -2.44. The number of benzene rings is 1. The van der Waals surface area contributed by atoms with E-state index in [-0.39, 0.29) is 0 Å². The first-order valence-electron chi connectivity index (χ1n) is 6.41. The van der Waals surface area contributed by atoms with Crippen molar-refractivity contribution in [2.24, 2.45) is 0 Å². The number of hydrogen-bond acceptors (Lipinski definition) is 4. The highest BCUT2D eigenvalue weighted by Crippen LogP contribution is 2.14. The van der Waals surface area contributed by atoms with Crippen LogP contribution in [0.1, 0.15) is 12.5 Å². The molecule has 0 unspecified atom stereocenters. The molecule has 3 amide bonds. The molecule has 0 radical (unpaired) electrons. The summed E-state index contributed by atoms with van der Waals surface area (Å²) in [5, 5.41) is 10.5. The van der Waals surface area contributed by atoms with Gasteiger partial charge in [0.2, 0.25) is 0 Å². The summed E-state index contributed by atoms with van der Waals surface area (Å²) in [7, 11) is 0. The minimum Gasteiger partial charge on any atom is -0.480 e. The van der Waals surface area contributed by atoms with Crippen LogP contribution in [0, 0.1) is 6.92 Å². The van der Waals surface area contributed by atoms with Crippen LogP contribution in [0.25, 0.3) is 0 Å². The summed E-state index contributed by atoms with van der Waals surface area (Å²) in [5.41, 5.74) is 1.73. The molecule has 7 heteroatoms. The number of aryl methyl sites for hydroxylation is 1. The number of rotatable bonds is 6. The van der Waals surface area contributed by atoms with Gasteiger partial charge in [-0.25, -0.2) is 9.59 Å². The number of aliphatic carboxylic acids is 1. The molecule has 0 saturated heterocycles. The van der Waals surface area contributed by atoms with Gasteiger partial charge in [0, 0.05) is 12.2 Å². The SMILES string of the molecule is CCN(C(=O)NC(=O)COCC(=O)O)c1ccc(C)cc1. The third-order valence-corrected chi connectivity index (χ3v) is 2.61. The number of carbonyl (C=O) groups is 3. The van der Waals surface area contributed by atoms with Crippen molar-refractivity contribution < 1.29 is 24.2 Å². The molecule has 1 aromatic rings. The first kappa shape index (κ1) is 16.6. The normalized spacial score (nSPS) is 10.0.